The van der Waals surface area contributed by atoms with Gasteiger partial charge in [0, 0.05) is 30.2 Å². The van der Waals surface area contributed by atoms with E-state index in [1.165, 1.54) is 18.6 Å². The topological polar surface area (TPSA) is 54.5 Å². The van der Waals surface area contributed by atoms with Crippen LogP contribution in [-0.2, 0) is 20.3 Å². The van der Waals surface area contributed by atoms with Crippen molar-refractivity contribution in [3.8, 4) is 0 Å². The van der Waals surface area contributed by atoms with Crippen LogP contribution in [0.3, 0.4) is 0 Å². The van der Waals surface area contributed by atoms with Gasteiger partial charge in [-0.15, -0.1) is 0 Å². The first-order valence-electron chi connectivity index (χ1n) is 7.17. The molecule has 1 aromatic rings. The van der Waals surface area contributed by atoms with Gasteiger partial charge in [-0.2, -0.15) is 0 Å². The molecule has 1 saturated heterocycles. The van der Waals surface area contributed by atoms with Gasteiger partial charge in [-0.1, -0.05) is 19.1 Å². The number of nitrogens with zero attached hydrogens (tertiary/aromatic N) is 1. The van der Waals surface area contributed by atoms with Gasteiger partial charge >= 0.3 is 0 Å². The van der Waals surface area contributed by atoms with Gasteiger partial charge in [-0.25, -0.2) is 8.42 Å². The van der Waals surface area contributed by atoms with Crippen molar-refractivity contribution in [2.24, 2.45) is 5.92 Å². The maximum atomic E-state index is 12.2. The largest absolute Gasteiger partial charge is 0.342 e. The summed E-state index contributed by atoms with van der Waals surface area (Å²) in [6, 6.07) is 6.37. The molecule has 0 aliphatic carbocycles. The highest BCUT2D eigenvalue weighted by Gasteiger charge is 2.20. The van der Waals surface area contributed by atoms with Crippen molar-refractivity contribution in [1.29, 1.82) is 0 Å². The second-order valence-corrected chi connectivity index (χ2v) is 8.23. The number of amides is 1. The molecule has 0 radical (unpaired) electrons. The van der Waals surface area contributed by atoms with Crippen LogP contribution in [0.1, 0.15) is 31.7 Å². The number of piperidine rings is 1. The molecule has 2 rings (SSSR count). The predicted octanol–water partition coefficient (Wildman–Crippen LogP) is 2.81. The quantitative estimate of drug-likeness (QED) is 0.798. The van der Waals surface area contributed by atoms with E-state index < -0.39 is 9.05 Å². The first-order valence-corrected chi connectivity index (χ1v) is 9.48. The minimum atomic E-state index is -3.68. The highest BCUT2D eigenvalue weighted by atomic mass is 35.7. The van der Waals surface area contributed by atoms with E-state index in [1.54, 1.807) is 12.1 Å². The van der Waals surface area contributed by atoms with E-state index in [0.717, 1.165) is 25.1 Å². The molecule has 1 heterocycles. The lowest BCUT2D eigenvalue weighted by Gasteiger charge is -2.31. The molecule has 0 N–H and O–H groups in total. The molecule has 0 spiro atoms. The Labute approximate surface area is 130 Å². The summed E-state index contributed by atoms with van der Waals surface area (Å²) < 4.78 is 22.3. The number of halogens is 1. The maximum absolute atomic E-state index is 12.2. The summed E-state index contributed by atoms with van der Waals surface area (Å²) in [4.78, 5) is 14.2. The lowest BCUT2D eigenvalue weighted by atomic mass is 9.99. The lowest BCUT2D eigenvalue weighted by Crippen LogP contribution is -2.39. The number of carbonyl (C=O) groups is 1. The molecule has 116 valence electrons. The van der Waals surface area contributed by atoms with E-state index >= 15 is 0 Å². The van der Waals surface area contributed by atoms with E-state index in [9.17, 15) is 13.2 Å². The number of aryl methyl sites for hydroxylation is 1. The molecular formula is C15H20ClNO3S. The maximum Gasteiger partial charge on any atom is 0.261 e. The molecule has 4 nitrogen and oxygen atoms in total. The first-order chi connectivity index (χ1) is 9.86. The molecule has 0 saturated carbocycles. The van der Waals surface area contributed by atoms with Crippen molar-refractivity contribution in [2.75, 3.05) is 13.1 Å². The van der Waals surface area contributed by atoms with Crippen molar-refractivity contribution in [3.63, 3.8) is 0 Å². The van der Waals surface area contributed by atoms with Crippen LogP contribution in [0.25, 0.3) is 0 Å². The fourth-order valence-corrected chi connectivity index (χ4v) is 3.41. The number of hydrogen-bond acceptors (Lipinski definition) is 3. The summed E-state index contributed by atoms with van der Waals surface area (Å²) in [5.74, 6) is 0.756. The van der Waals surface area contributed by atoms with Crippen LogP contribution < -0.4 is 0 Å². The minimum Gasteiger partial charge on any atom is -0.342 e. The van der Waals surface area contributed by atoms with Crippen molar-refractivity contribution < 1.29 is 13.2 Å². The number of hydrogen-bond donors (Lipinski definition) is 0. The Balaban J connectivity index is 1.89. The van der Waals surface area contributed by atoms with Gasteiger partial charge in [-0.3, -0.25) is 4.79 Å². The average Bonchev–Trinajstić information content (AvgIpc) is 2.44. The number of rotatable bonds is 4. The van der Waals surface area contributed by atoms with Crippen LogP contribution in [0.5, 0.6) is 0 Å². The second-order valence-electron chi connectivity index (χ2n) is 5.67. The molecule has 0 bridgehead atoms. The monoisotopic (exact) mass is 329 g/mol. The zero-order chi connectivity index (χ0) is 15.5. The summed E-state index contributed by atoms with van der Waals surface area (Å²) in [5, 5.41) is 0. The van der Waals surface area contributed by atoms with Crippen LogP contribution in [0.15, 0.2) is 29.2 Å². The van der Waals surface area contributed by atoms with Crippen molar-refractivity contribution in [3.05, 3.63) is 29.8 Å². The third kappa shape index (κ3) is 4.71. The summed E-state index contributed by atoms with van der Waals surface area (Å²) in [6.07, 6.45) is 3.35. The smallest absolute Gasteiger partial charge is 0.261 e. The molecule has 1 aromatic carbocycles. The Morgan fingerprint density at radius 3 is 2.57 bits per heavy atom. The van der Waals surface area contributed by atoms with E-state index in [4.69, 9.17) is 10.7 Å². The predicted molar refractivity (Wildman–Crippen MR) is 82.8 cm³/mol. The van der Waals surface area contributed by atoms with Crippen LogP contribution in [0, 0.1) is 5.92 Å². The van der Waals surface area contributed by atoms with Crippen LogP contribution in [-0.4, -0.2) is 32.3 Å². The summed E-state index contributed by atoms with van der Waals surface area (Å²) >= 11 is 0. The molecule has 0 aromatic heterocycles. The van der Waals surface area contributed by atoms with E-state index in [2.05, 4.69) is 6.92 Å². The Morgan fingerprint density at radius 2 is 2.00 bits per heavy atom. The van der Waals surface area contributed by atoms with Crippen LogP contribution >= 0.6 is 10.7 Å². The van der Waals surface area contributed by atoms with E-state index in [0.29, 0.717) is 18.8 Å². The second kappa shape index (κ2) is 6.79. The molecule has 1 unspecified atom stereocenters. The lowest BCUT2D eigenvalue weighted by molar-refractivity contribution is -0.132. The SMILES string of the molecule is CC1CCCN(C(=O)CCc2ccc(S(=O)(=O)Cl)cc2)C1. The molecular weight excluding hydrogens is 310 g/mol. The fraction of sp³-hybridized carbons (Fsp3) is 0.533. The highest BCUT2D eigenvalue weighted by Crippen LogP contribution is 2.18. The van der Waals surface area contributed by atoms with Crippen LogP contribution in [0.2, 0.25) is 0 Å². The molecule has 1 aliphatic rings. The van der Waals surface area contributed by atoms with Crippen LogP contribution in [0.4, 0.5) is 0 Å². The van der Waals surface area contributed by atoms with Gasteiger partial charge in [0.1, 0.15) is 0 Å². The third-order valence-electron chi connectivity index (χ3n) is 3.84. The molecule has 21 heavy (non-hydrogen) atoms. The normalized spacial score (nSPS) is 19.5. The first kappa shape index (κ1) is 16.3. The average molecular weight is 330 g/mol. The number of carbonyl (C=O) groups excluding carboxylic acids is 1. The van der Waals surface area contributed by atoms with Gasteiger partial charge in [-0.05, 0) is 42.9 Å². The van der Waals surface area contributed by atoms with Gasteiger partial charge in [0.25, 0.3) is 9.05 Å². The van der Waals surface area contributed by atoms with E-state index in [1.807, 2.05) is 4.90 Å². The Hall–Kier alpha value is -1.07. The Kier molecular flexibility index (Phi) is 5.27. The number of likely N-dealkylation sites (tertiary alicyclic amines) is 1. The van der Waals surface area contributed by atoms with Gasteiger partial charge in [0.05, 0.1) is 4.90 Å². The van der Waals surface area contributed by atoms with Crippen molar-refractivity contribution >= 4 is 25.6 Å². The molecule has 6 heteroatoms. The minimum absolute atomic E-state index is 0.0871. The molecule has 1 amide bonds. The Morgan fingerprint density at radius 1 is 1.33 bits per heavy atom. The number of benzene rings is 1. The summed E-state index contributed by atoms with van der Waals surface area (Å²) in [7, 11) is 1.59. The highest BCUT2D eigenvalue weighted by molar-refractivity contribution is 8.13. The Bertz CT molecular complexity index is 598. The third-order valence-corrected chi connectivity index (χ3v) is 5.21. The molecule has 1 aliphatic heterocycles. The summed E-state index contributed by atoms with van der Waals surface area (Å²) in [5.41, 5.74) is 0.942. The van der Waals surface area contributed by atoms with E-state index in [-0.39, 0.29) is 10.8 Å². The zero-order valence-electron chi connectivity index (χ0n) is 12.1. The van der Waals surface area contributed by atoms with Gasteiger partial charge in [0.2, 0.25) is 5.91 Å². The zero-order valence-corrected chi connectivity index (χ0v) is 13.7. The van der Waals surface area contributed by atoms with Gasteiger partial charge in [0.15, 0.2) is 0 Å². The standard InChI is InChI=1S/C15H20ClNO3S/c1-12-3-2-10-17(11-12)15(18)9-6-13-4-7-14(8-5-13)21(16,19)20/h4-5,7-8,12H,2-3,6,9-11H2,1H3. The fourth-order valence-electron chi connectivity index (χ4n) is 2.64. The van der Waals surface area contributed by atoms with Gasteiger partial charge < -0.3 is 4.90 Å². The van der Waals surface area contributed by atoms with Crippen molar-refractivity contribution in [1.82, 2.24) is 4.90 Å². The van der Waals surface area contributed by atoms with Crippen molar-refractivity contribution in [2.45, 2.75) is 37.5 Å². The molecule has 1 fully saturated rings. The molecule has 1 atom stereocenters. The summed E-state index contributed by atoms with van der Waals surface area (Å²) in [6.45, 7) is 3.87.